The van der Waals surface area contributed by atoms with Crippen molar-refractivity contribution in [3.8, 4) is 0 Å². The zero-order valence-corrected chi connectivity index (χ0v) is 19.7. The van der Waals surface area contributed by atoms with Crippen LogP contribution in [0, 0.1) is 11.8 Å². The molecule has 3 aromatic carbocycles. The molecule has 1 heterocycles. The lowest BCUT2D eigenvalue weighted by molar-refractivity contribution is -0.141. The quantitative estimate of drug-likeness (QED) is 0.440. The molecule has 1 aliphatic heterocycles. The SMILES string of the molecule is CNC(C(=O)O)[C@@H]1[C@@H](CC(=O)c2ccccc2)C(=O)N(Cc2ccccc2)[C@H]1Cc1ccccc1. The fourth-order valence-corrected chi connectivity index (χ4v) is 5.19. The number of Topliss-reactive ketones (excluding diaryl/α,β-unsaturated/α-hetero) is 1. The Morgan fingerprint density at radius 1 is 0.886 bits per heavy atom. The minimum absolute atomic E-state index is 0.0322. The van der Waals surface area contributed by atoms with E-state index in [-0.39, 0.29) is 24.2 Å². The van der Waals surface area contributed by atoms with Crippen LogP contribution in [0.4, 0.5) is 0 Å². The molecule has 4 rings (SSSR count). The normalized spacial score (nSPS) is 20.5. The molecule has 3 aromatic rings. The Labute approximate surface area is 205 Å². The highest BCUT2D eigenvalue weighted by Crippen LogP contribution is 2.39. The second-order valence-corrected chi connectivity index (χ2v) is 8.99. The fourth-order valence-electron chi connectivity index (χ4n) is 5.19. The highest BCUT2D eigenvalue weighted by atomic mass is 16.4. The first-order chi connectivity index (χ1) is 17.0. The van der Waals surface area contributed by atoms with E-state index in [1.54, 1.807) is 36.2 Å². The molecule has 1 unspecified atom stereocenters. The van der Waals surface area contributed by atoms with Gasteiger partial charge in [-0.25, -0.2) is 0 Å². The number of hydrogen-bond acceptors (Lipinski definition) is 4. The molecule has 1 fully saturated rings. The van der Waals surface area contributed by atoms with Crippen molar-refractivity contribution in [2.45, 2.75) is 31.5 Å². The molecule has 0 radical (unpaired) electrons. The highest BCUT2D eigenvalue weighted by molar-refractivity contribution is 5.99. The highest BCUT2D eigenvalue weighted by Gasteiger charge is 2.52. The third-order valence-corrected chi connectivity index (χ3v) is 6.86. The summed E-state index contributed by atoms with van der Waals surface area (Å²) in [5, 5.41) is 13.0. The number of carbonyl (C=O) groups is 3. The van der Waals surface area contributed by atoms with Crippen molar-refractivity contribution in [2.24, 2.45) is 11.8 Å². The molecule has 4 atom stereocenters. The van der Waals surface area contributed by atoms with Gasteiger partial charge in [0.15, 0.2) is 5.78 Å². The van der Waals surface area contributed by atoms with Gasteiger partial charge in [-0.2, -0.15) is 0 Å². The number of rotatable bonds is 10. The van der Waals surface area contributed by atoms with E-state index in [1.807, 2.05) is 66.7 Å². The first-order valence-corrected chi connectivity index (χ1v) is 11.9. The van der Waals surface area contributed by atoms with Crippen molar-refractivity contribution in [2.75, 3.05) is 7.05 Å². The standard InChI is InChI=1S/C29H30N2O4/c1-30-27(29(34)35)26-23(18-25(32)22-15-9-4-10-16-22)28(33)31(19-21-13-7-3-8-14-21)24(26)17-20-11-5-2-6-12-20/h2-16,23-24,26-27,30H,17-19H2,1H3,(H,34,35)/t23-,24+,26-,27?/m1/s1. The fraction of sp³-hybridized carbons (Fsp3) is 0.276. The number of amides is 1. The summed E-state index contributed by atoms with van der Waals surface area (Å²) in [7, 11) is 1.60. The molecule has 35 heavy (non-hydrogen) atoms. The van der Waals surface area contributed by atoms with Crippen molar-refractivity contribution < 1.29 is 19.5 Å². The van der Waals surface area contributed by atoms with Crippen LogP contribution in [0.15, 0.2) is 91.0 Å². The molecule has 0 saturated carbocycles. The van der Waals surface area contributed by atoms with Gasteiger partial charge in [0.2, 0.25) is 5.91 Å². The molecule has 0 bridgehead atoms. The van der Waals surface area contributed by atoms with E-state index in [1.165, 1.54) is 0 Å². The van der Waals surface area contributed by atoms with Crippen molar-refractivity contribution in [3.05, 3.63) is 108 Å². The van der Waals surface area contributed by atoms with Crippen LogP contribution in [0.5, 0.6) is 0 Å². The van der Waals surface area contributed by atoms with Crippen LogP contribution in [0.1, 0.15) is 27.9 Å². The van der Waals surface area contributed by atoms with Gasteiger partial charge in [-0.15, -0.1) is 0 Å². The largest absolute Gasteiger partial charge is 0.480 e. The number of carbonyl (C=O) groups excluding carboxylic acids is 2. The summed E-state index contributed by atoms with van der Waals surface area (Å²) in [5.41, 5.74) is 2.50. The molecule has 6 heteroatoms. The second-order valence-electron chi connectivity index (χ2n) is 8.99. The van der Waals surface area contributed by atoms with E-state index < -0.39 is 23.8 Å². The predicted octanol–water partition coefficient (Wildman–Crippen LogP) is 3.82. The van der Waals surface area contributed by atoms with Crippen LogP contribution in [-0.2, 0) is 22.6 Å². The van der Waals surface area contributed by atoms with Crippen LogP contribution in [-0.4, -0.2) is 46.8 Å². The average Bonchev–Trinajstić information content (AvgIpc) is 3.11. The van der Waals surface area contributed by atoms with Gasteiger partial charge in [0.05, 0.1) is 5.92 Å². The molecular weight excluding hydrogens is 440 g/mol. The van der Waals surface area contributed by atoms with E-state index in [9.17, 15) is 19.5 Å². The number of aliphatic carboxylic acids is 1. The van der Waals surface area contributed by atoms with Crippen molar-refractivity contribution in [1.82, 2.24) is 10.2 Å². The zero-order chi connectivity index (χ0) is 24.8. The summed E-state index contributed by atoms with van der Waals surface area (Å²) in [6.07, 6.45) is 0.473. The summed E-state index contributed by atoms with van der Waals surface area (Å²) in [6.45, 7) is 0.361. The van der Waals surface area contributed by atoms with E-state index in [0.29, 0.717) is 18.5 Å². The molecule has 1 aliphatic rings. The van der Waals surface area contributed by atoms with Crippen LogP contribution >= 0.6 is 0 Å². The topological polar surface area (TPSA) is 86.7 Å². The Morgan fingerprint density at radius 3 is 1.97 bits per heavy atom. The van der Waals surface area contributed by atoms with Crippen LogP contribution in [0.3, 0.4) is 0 Å². The molecule has 180 valence electrons. The number of carboxylic acids is 1. The average molecular weight is 471 g/mol. The molecule has 1 saturated heterocycles. The van der Waals surface area contributed by atoms with Gasteiger partial charge in [-0.3, -0.25) is 14.4 Å². The smallest absolute Gasteiger partial charge is 0.321 e. The van der Waals surface area contributed by atoms with E-state index in [4.69, 9.17) is 0 Å². The summed E-state index contributed by atoms with van der Waals surface area (Å²) in [5.74, 6) is -2.68. The number of hydrogen-bond donors (Lipinski definition) is 2. The number of ketones is 1. The van der Waals surface area contributed by atoms with Gasteiger partial charge >= 0.3 is 5.97 Å². The minimum atomic E-state index is -1.03. The Bertz CT molecular complexity index is 1150. The van der Waals surface area contributed by atoms with Gasteiger partial charge in [0.1, 0.15) is 6.04 Å². The maximum Gasteiger partial charge on any atom is 0.321 e. The number of nitrogens with one attached hydrogen (secondary N) is 1. The monoisotopic (exact) mass is 470 g/mol. The molecule has 0 aliphatic carbocycles. The van der Waals surface area contributed by atoms with Crippen LogP contribution < -0.4 is 5.32 Å². The van der Waals surface area contributed by atoms with Gasteiger partial charge < -0.3 is 15.3 Å². The van der Waals surface area contributed by atoms with Crippen molar-refractivity contribution in [3.63, 3.8) is 0 Å². The second kappa shape index (κ2) is 11.1. The predicted molar refractivity (Wildman–Crippen MR) is 134 cm³/mol. The number of benzene rings is 3. The van der Waals surface area contributed by atoms with Gasteiger partial charge in [0, 0.05) is 30.5 Å². The van der Waals surface area contributed by atoms with Gasteiger partial charge in [0.25, 0.3) is 0 Å². The lowest BCUT2D eigenvalue weighted by Crippen LogP contribution is -2.49. The van der Waals surface area contributed by atoms with Crippen LogP contribution in [0.2, 0.25) is 0 Å². The van der Waals surface area contributed by atoms with Gasteiger partial charge in [-0.1, -0.05) is 91.0 Å². The Balaban J connectivity index is 1.74. The zero-order valence-electron chi connectivity index (χ0n) is 19.7. The Morgan fingerprint density at radius 2 is 1.43 bits per heavy atom. The number of carboxylic acid groups (broad SMARTS) is 1. The molecule has 0 spiro atoms. The number of likely N-dealkylation sites (N-methyl/N-ethyl adjacent to an activating group) is 1. The molecular formula is C29H30N2O4. The van der Waals surface area contributed by atoms with E-state index in [2.05, 4.69) is 5.32 Å². The Kier molecular flexibility index (Phi) is 7.73. The number of nitrogens with zero attached hydrogens (tertiary/aromatic N) is 1. The third kappa shape index (κ3) is 5.49. The van der Waals surface area contributed by atoms with Gasteiger partial charge in [-0.05, 0) is 24.6 Å². The minimum Gasteiger partial charge on any atom is -0.480 e. The first kappa shape index (κ1) is 24.4. The maximum absolute atomic E-state index is 13.9. The van der Waals surface area contributed by atoms with E-state index >= 15 is 0 Å². The lowest BCUT2D eigenvalue weighted by Gasteiger charge is -2.32. The third-order valence-electron chi connectivity index (χ3n) is 6.86. The van der Waals surface area contributed by atoms with Crippen LogP contribution in [0.25, 0.3) is 0 Å². The first-order valence-electron chi connectivity index (χ1n) is 11.9. The maximum atomic E-state index is 13.9. The summed E-state index contributed by atoms with van der Waals surface area (Å²) in [4.78, 5) is 41.1. The van der Waals surface area contributed by atoms with Crippen molar-refractivity contribution >= 4 is 17.7 Å². The molecule has 0 aromatic heterocycles. The molecule has 1 amide bonds. The summed E-state index contributed by atoms with van der Waals surface area (Å²) in [6, 6.07) is 27.0. The van der Waals surface area contributed by atoms with E-state index in [0.717, 1.165) is 11.1 Å². The number of likely N-dealkylation sites (tertiary alicyclic amines) is 1. The summed E-state index contributed by atoms with van der Waals surface area (Å²) >= 11 is 0. The van der Waals surface area contributed by atoms with Crippen molar-refractivity contribution in [1.29, 1.82) is 0 Å². The molecule has 6 nitrogen and oxygen atoms in total. The molecule has 2 N–H and O–H groups in total. The lowest BCUT2D eigenvalue weighted by atomic mass is 9.78. The Hall–Kier alpha value is -3.77. The summed E-state index contributed by atoms with van der Waals surface area (Å²) < 4.78 is 0.